The van der Waals surface area contributed by atoms with E-state index in [1.54, 1.807) is 10.9 Å². The molecule has 4 rings (SSSR count). The molecular formula is C23H25FN4O. The molecule has 0 aliphatic carbocycles. The Bertz CT molecular complexity index is 975. The zero-order chi connectivity index (χ0) is 20.2. The maximum atomic E-state index is 13.1. The molecule has 0 N–H and O–H groups in total. The second-order valence-electron chi connectivity index (χ2n) is 7.79. The normalized spacial score (nSPS) is 14.9. The Balaban J connectivity index is 1.32. The van der Waals surface area contributed by atoms with Gasteiger partial charge in [-0.15, -0.1) is 5.10 Å². The summed E-state index contributed by atoms with van der Waals surface area (Å²) >= 11 is 0. The number of aryl methyl sites for hydroxylation is 1. The van der Waals surface area contributed by atoms with E-state index in [2.05, 4.69) is 29.4 Å². The predicted octanol–water partition coefficient (Wildman–Crippen LogP) is 3.87. The quantitative estimate of drug-likeness (QED) is 0.662. The van der Waals surface area contributed by atoms with Crippen LogP contribution in [0.25, 0.3) is 0 Å². The average molecular weight is 392 g/mol. The first kappa shape index (κ1) is 19.3. The molecule has 6 heteroatoms. The number of hydrogen-bond donors (Lipinski definition) is 0. The van der Waals surface area contributed by atoms with Crippen molar-refractivity contribution in [1.29, 1.82) is 0 Å². The smallest absolute Gasteiger partial charge is 0.276 e. The Labute approximate surface area is 170 Å². The van der Waals surface area contributed by atoms with E-state index in [0.29, 0.717) is 18.2 Å². The van der Waals surface area contributed by atoms with Crippen molar-refractivity contribution in [1.82, 2.24) is 19.9 Å². The molecular weight excluding hydrogens is 367 g/mol. The maximum absolute atomic E-state index is 13.1. The summed E-state index contributed by atoms with van der Waals surface area (Å²) in [5, 5.41) is 8.23. The van der Waals surface area contributed by atoms with Gasteiger partial charge in [0.15, 0.2) is 5.69 Å². The van der Waals surface area contributed by atoms with Gasteiger partial charge in [0.2, 0.25) is 0 Å². The number of aromatic nitrogens is 3. The fraction of sp³-hybridized carbons (Fsp3) is 0.348. The fourth-order valence-corrected chi connectivity index (χ4v) is 3.89. The van der Waals surface area contributed by atoms with Gasteiger partial charge >= 0.3 is 0 Å². The topological polar surface area (TPSA) is 51.0 Å². The first-order valence-electron chi connectivity index (χ1n) is 10.1. The lowest BCUT2D eigenvalue weighted by atomic mass is 9.90. The van der Waals surface area contributed by atoms with Gasteiger partial charge in [0, 0.05) is 13.1 Å². The van der Waals surface area contributed by atoms with Crippen LogP contribution in [-0.2, 0) is 13.0 Å². The van der Waals surface area contributed by atoms with Crippen LogP contribution in [0.15, 0.2) is 54.7 Å². The van der Waals surface area contributed by atoms with Gasteiger partial charge < -0.3 is 4.90 Å². The number of amides is 1. The summed E-state index contributed by atoms with van der Waals surface area (Å²) in [6.07, 6.45) is 4.55. The molecule has 2 heterocycles. The number of piperidine rings is 1. The molecule has 1 saturated heterocycles. The Kier molecular flexibility index (Phi) is 5.69. The van der Waals surface area contributed by atoms with Crippen molar-refractivity contribution in [3.63, 3.8) is 0 Å². The largest absolute Gasteiger partial charge is 0.337 e. The fourth-order valence-electron chi connectivity index (χ4n) is 3.89. The molecule has 1 aliphatic heterocycles. The minimum absolute atomic E-state index is 0.0544. The van der Waals surface area contributed by atoms with Gasteiger partial charge in [-0.2, -0.15) is 0 Å². The number of halogens is 1. The Hall–Kier alpha value is -3.02. The van der Waals surface area contributed by atoms with E-state index in [1.807, 2.05) is 29.2 Å². The lowest BCUT2D eigenvalue weighted by Gasteiger charge is -2.31. The summed E-state index contributed by atoms with van der Waals surface area (Å²) in [4.78, 5) is 14.7. The number of rotatable bonds is 5. The Morgan fingerprint density at radius 2 is 1.83 bits per heavy atom. The van der Waals surface area contributed by atoms with Crippen LogP contribution in [0.1, 0.15) is 40.0 Å². The number of nitrogens with zero attached hydrogens (tertiary/aromatic N) is 4. The van der Waals surface area contributed by atoms with Crippen molar-refractivity contribution >= 4 is 5.91 Å². The molecule has 1 amide bonds. The first-order chi connectivity index (χ1) is 14.1. The molecule has 1 fully saturated rings. The molecule has 0 saturated carbocycles. The minimum atomic E-state index is -0.204. The van der Waals surface area contributed by atoms with Crippen LogP contribution < -0.4 is 0 Å². The standard InChI is InChI=1S/C23H25FN4O/c1-17-4-2-3-5-20(17)15-28-16-22(25-26-28)23(29)27-12-10-19(11-13-27)14-18-6-8-21(24)9-7-18/h2-9,16,19H,10-15H2,1H3. The molecule has 0 radical (unpaired) electrons. The van der Waals surface area contributed by atoms with Crippen LogP contribution in [0.4, 0.5) is 4.39 Å². The van der Waals surface area contributed by atoms with Crippen LogP contribution >= 0.6 is 0 Å². The minimum Gasteiger partial charge on any atom is -0.337 e. The molecule has 2 aromatic carbocycles. The van der Waals surface area contributed by atoms with Crippen molar-refractivity contribution < 1.29 is 9.18 Å². The zero-order valence-electron chi connectivity index (χ0n) is 16.6. The van der Waals surface area contributed by atoms with Gasteiger partial charge in [0.1, 0.15) is 5.82 Å². The van der Waals surface area contributed by atoms with Crippen molar-refractivity contribution in [2.45, 2.75) is 32.7 Å². The monoisotopic (exact) mass is 392 g/mol. The second kappa shape index (κ2) is 8.55. The van der Waals surface area contributed by atoms with Crippen LogP contribution in [0.3, 0.4) is 0 Å². The van der Waals surface area contributed by atoms with Gasteiger partial charge in [-0.05, 0) is 60.9 Å². The Morgan fingerprint density at radius 1 is 1.10 bits per heavy atom. The number of benzene rings is 2. The van der Waals surface area contributed by atoms with E-state index in [0.717, 1.165) is 43.5 Å². The van der Waals surface area contributed by atoms with Crippen molar-refractivity contribution in [3.05, 3.63) is 82.9 Å². The summed E-state index contributed by atoms with van der Waals surface area (Å²) in [6.45, 7) is 4.10. The predicted molar refractivity (Wildman–Crippen MR) is 109 cm³/mol. The van der Waals surface area contributed by atoms with Crippen LogP contribution in [0.2, 0.25) is 0 Å². The lowest BCUT2D eigenvalue weighted by molar-refractivity contribution is 0.0684. The molecule has 0 spiro atoms. The van der Waals surface area contributed by atoms with Crippen LogP contribution in [0, 0.1) is 18.7 Å². The van der Waals surface area contributed by atoms with Crippen LogP contribution in [-0.4, -0.2) is 38.9 Å². The third kappa shape index (κ3) is 4.70. The molecule has 5 nitrogen and oxygen atoms in total. The zero-order valence-corrected chi connectivity index (χ0v) is 16.6. The highest BCUT2D eigenvalue weighted by Gasteiger charge is 2.25. The number of likely N-dealkylation sites (tertiary alicyclic amines) is 1. The van der Waals surface area contributed by atoms with Crippen molar-refractivity contribution in [2.75, 3.05) is 13.1 Å². The number of carbonyl (C=O) groups is 1. The summed E-state index contributed by atoms with van der Waals surface area (Å²) in [5.74, 6) is 0.257. The van der Waals surface area contributed by atoms with Gasteiger partial charge in [0.05, 0.1) is 12.7 Å². The van der Waals surface area contributed by atoms with Gasteiger partial charge in [-0.3, -0.25) is 4.79 Å². The van der Waals surface area contributed by atoms with E-state index in [4.69, 9.17) is 0 Å². The van der Waals surface area contributed by atoms with E-state index in [9.17, 15) is 9.18 Å². The van der Waals surface area contributed by atoms with E-state index >= 15 is 0 Å². The van der Waals surface area contributed by atoms with E-state index < -0.39 is 0 Å². The molecule has 1 aliphatic rings. The molecule has 0 atom stereocenters. The Morgan fingerprint density at radius 3 is 2.55 bits per heavy atom. The third-order valence-electron chi connectivity index (χ3n) is 5.69. The molecule has 150 valence electrons. The first-order valence-corrected chi connectivity index (χ1v) is 10.1. The molecule has 0 bridgehead atoms. The highest BCUT2D eigenvalue weighted by Crippen LogP contribution is 2.23. The SMILES string of the molecule is Cc1ccccc1Cn1cc(C(=O)N2CCC(Cc3ccc(F)cc3)CC2)nn1. The van der Waals surface area contributed by atoms with Gasteiger partial charge in [-0.1, -0.05) is 41.6 Å². The summed E-state index contributed by atoms with van der Waals surface area (Å²) in [5.41, 5.74) is 3.91. The highest BCUT2D eigenvalue weighted by molar-refractivity contribution is 5.92. The van der Waals surface area contributed by atoms with Crippen molar-refractivity contribution in [3.8, 4) is 0 Å². The summed E-state index contributed by atoms with van der Waals surface area (Å²) in [7, 11) is 0. The maximum Gasteiger partial charge on any atom is 0.276 e. The molecule has 29 heavy (non-hydrogen) atoms. The van der Waals surface area contributed by atoms with E-state index in [-0.39, 0.29) is 11.7 Å². The molecule has 0 unspecified atom stereocenters. The van der Waals surface area contributed by atoms with Crippen molar-refractivity contribution in [2.24, 2.45) is 5.92 Å². The number of carbonyl (C=O) groups excluding carboxylic acids is 1. The third-order valence-corrected chi connectivity index (χ3v) is 5.69. The summed E-state index contributed by atoms with van der Waals surface area (Å²) in [6, 6.07) is 14.8. The van der Waals surface area contributed by atoms with Gasteiger partial charge in [0.25, 0.3) is 5.91 Å². The lowest BCUT2D eigenvalue weighted by Crippen LogP contribution is -2.39. The molecule has 3 aromatic rings. The van der Waals surface area contributed by atoms with E-state index in [1.165, 1.54) is 17.7 Å². The summed E-state index contributed by atoms with van der Waals surface area (Å²) < 4.78 is 14.8. The second-order valence-corrected chi connectivity index (χ2v) is 7.79. The average Bonchev–Trinajstić information content (AvgIpc) is 3.20. The highest BCUT2D eigenvalue weighted by atomic mass is 19.1. The van der Waals surface area contributed by atoms with Crippen LogP contribution in [0.5, 0.6) is 0 Å². The number of hydrogen-bond acceptors (Lipinski definition) is 3. The molecule has 1 aromatic heterocycles. The van der Waals surface area contributed by atoms with Gasteiger partial charge in [-0.25, -0.2) is 9.07 Å².